The van der Waals surface area contributed by atoms with E-state index in [0.29, 0.717) is 11.1 Å². The lowest BCUT2D eigenvalue weighted by Gasteiger charge is -2.50. The molecule has 252 valence electrons. The number of carbonyl (C=O) groups is 4. The Morgan fingerprint density at radius 3 is 1.06 bits per heavy atom. The van der Waals surface area contributed by atoms with Crippen molar-refractivity contribution in [2.24, 2.45) is 11.8 Å². The SMILES string of the molecule is O.O.O.O.O=C(/C=C/c1ccncc1)NNC(=O)C1C(c2ccncc2)C(C(=O)NNC(=O)/C=C/c2ccncc2)C1c1ccncc1. The fraction of sp³-hybridized carbons (Fsp3) is 0.125. The van der Waals surface area contributed by atoms with Gasteiger partial charge in [0.05, 0.1) is 11.8 Å². The number of hydrogen-bond acceptors (Lipinski definition) is 8. The first kappa shape index (κ1) is 39.8. The number of amides is 4. The molecular weight excluding hydrogens is 624 g/mol. The maximum absolute atomic E-state index is 13.6. The molecule has 0 spiro atoms. The normalized spacial score (nSPS) is 17.5. The van der Waals surface area contributed by atoms with E-state index >= 15 is 0 Å². The molecule has 0 unspecified atom stereocenters. The molecule has 1 aliphatic rings. The second-order valence-corrected chi connectivity index (χ2v) is 9.85. The average Bonchev–Trinajstić information content (AvgIpc) is 3.06. The molecule has 4 aromatic rings. The Hall–Kier alpha value is -6.20. The minimum absolute atomic E-state index is 0. The minimum atomic E-state index is -0.748. The number of carbonyl (C=O) groups excluding carboxylic acids is 4. The number of rotatable bonds is 8. The van der Waals surface area contributed by atoms with E-state index in [4.69, 9.17) is 0 Å². The summed E-state index contributed by atoms with van der Waals surface area (Å²) in [4.78, 5) is 68.2. The summed E-state index contributed by atoms with van der Waals surface area (Å²) in [7, 11) is 0. The number of nitrogens with one attached hydrogen (secondary N) is 4. The highest BCUT2D eigenvalue weighted by molar-refractivity contribution is 5.96. The highest BCUT2D eigenvalue weighted by atomic mass is 16.2. The first-order valence-electron chi connectivity index (χ1n) is 13.7. The van der Waals surface area contributed by atoms with Gasteiger partial charge in [-0.2, -0.15) is 0 Å². The molecule has 48 heavy (non-hydrogen) atoms. The zero-order chi connectivity index (χ0) is 30.7. The Morgan fingerprint density at radius 1 is 0.458 bits per heavy atom. The Bertz CT molecular complexity index is 1530. The van der Waals surface area contributed by atoms with Gasteiger partial charge in [0.2, 0.25) is 11.8 Å². The van der Waals surface area contributed by atoms with Crippen molar-refractivity contribution >= 4 is 35.8 Å². The van der Waals surface area contributed by atoms with Gasteiger partial charge >= 0.3 is 0 Å². The highest BCUT2D eigenvalue weighted by Gasteiger charge is 2.58. The molecule has 12 N–H and O–H groups in total. The molecule has 0 saturated heterocycles. The van der Waals surface area contributed by atoms with Crippen molar-refractivity contribution in [3.05, 3.63) is 133 Å². The minimum Gasteiger partial charge on any atom is -0.412 e. The lowest BCUT2D eigenvalue weighted by molar-refractivity contribution is -0.144. The number of pyridine rings is 4. The molecule has 1 saturated carbocycles. The first-order chi connectivity index (χ1) is 21.5. The van der Waals surface area contributed by atoms with Gasteiger partial charge in [0.1, 0.15) is 0 Å². The number of hydrogen-bond donors (Lipinski definition) is 4. The van der Waals surface area contributed by atoms with Crippen molar-refractivity contribution in [2.45, 2.75) is 11.8 Å². The predicted octanol–water partition coefficient (Wildman–Crippen LogP) is -1.20. The zero-order valence-corrected chi connectivity index (χ0v) is 25.3. The molecule has 4 aromatic heterocycles. The molecule has 4 heterocycles. The third-order valence-corrected chi connectivity index (χ3v) is 7.22. The van der Waals surface area contributed by atoms with Crippen LogP contribution in [0.2, 0.25) is 0 Å². The first-order valence-corrected chi connectivity index (χ1v) is 13.7. The van der Waals surface area contributed by atoms with Crippen LogP contribution < -0.4 is 21.7 Å². The van der Waals surface area contributed by atoms with Gasteiger partial charge < -0.3 is 21.9 Å². The van der Waals surface area contributed by atoms with Crippen LogP contribution >= 0.6 is 0 Å². The van der Waals surface area contributed by atoms with E-state index in [1.807, 2.05) is 0 Å². The monoisotopic (exact) mass is 660 g/mol. The van der Waals surface area contributed by atoms with Crippen molar-refractivity contribution in [1.82, 2.24) is 41.6 Å². The van der Waals surface area contributed by atoms with Crippen LogP contribution in [0, 0.1) is 11.8 Å². The molecule has 16 nitrogen and oxygen atoms in total. The van der Waals surface area contributed by atoms with Crippen LogP contribution in [0.3, 0.4) is 0 Å². The molecule has 16 heteroatoms. The van der Waals surface area contributed by atoms with Crippen molar-refractivity contribution in [1.29, 1.82) is 0 Å². The molecule has 0 atom stereocenters. The number of hydrazine groups is 2. The molecule has 0 aromatic carbocycles. The van der Waals surface area contributed by atoms with Gasteiger partial charge in [-0.3, -0.25) is 60.8 Å². The number of nitrogens with zero attached hydrogens (tertiary/aromatic N) is 4. The molecule has 0 aliphatic heterocycles. The van der Waals surface area contributed by atoms with Crippen molar-refractivity contribution < 1.29 is 41.1 Å². The maximum atomic E-state index is 13.6. The predicted molar refractivity (Wildman–Crippen MR) is 175 cm³/mol. The summed E-state index contributed by atoms with van der Waals surface area (Å²) in [5, 5.41) is 0. The standard InChI is InChI=1S/C32H28N8O4.4H2O/c41-25(3-1-21-5-13-33-14-6-21)37-39-31(43)29-27(23-9-17-35-18-10-23)30(28(29)24-11-19-36-20-12-24)32(44)40-38-26(42)4-2-22-7-15-34-16-8-22;;;;/h1-20,27-30H,(H,37,41)(H,38,42)(H,39,43)(H,40,44);4*1H2/b3-1+,4-2+;;;;. The Balaban J connectivity index is 0.00000288. The molecule has 0 radical (unpaired) electrons. The van der Waals surface area contributed by atoms with Crippen LogP contribution in [0.15, 0.2) is 110 Å². The summed E-state index contributed by atoms with van der Waals surface area (Å²) < 4.78 is 0. The summed E-state index contributed by atoms with van der Waals surface area (Å²) in [6.45, 7) is 0. The quantitative estimate of drug-likeness (QED) is 0.131. The van der Waals surface area contributed by atoms with E-state index in [1.165, 1.54) is 12.2 Å². The summed E-state index contributed by atoms with van der Waals surface area (Å²) in [6, 6.07) is 13.9. The van der Waals surface area contributed by atoms with Crippen LogP contribution in [-0.4, -0.2) is 65.5 Å². The fourth-order valence-corrected chi connectivity index (χ4v) is 5.19. The van der Waals surface area contributed by atoms with Crippen LogP contribution in [0.5, 0.6) is 0 Å². The van der Waals surface area contributed by atoms with Crippen molar-refractivity contribution in [3.63, 3.8) is 0 Å². The van der Waals surface area contributed by atoms with Gasteiger partial charge in [-0.1, -0.05) is 0 Å². The van der Waals surface area contributed by atoms with Crippen LogP contribution in [0.25, 0.3) is 12.2 Å². The lowest BCUT2D eigenvalue weighted by atomic mass is 9.52. The summed E-state index contributed by atoms with van der Waals surface area (Å²) >= 11 is 0. The van der Waals surface area contributed by atoms with E-state index in [0.717, 1.165) is 11.1 Å². The fourth-order valence-electron chi connectivity index (χ4n) is 5.19. The zero-order valence-electron chi connectivity index (χ0n) is 25.3. The Labute approximate surface area is 274 Å². The largest absolute Gasteiger partial charge is 0.412 e. The van der Waals surface area contributed by atoms with Gasteiger partial charge in [0.15, 0.2) is 0 Å². The van der Waals surface area contributed by atoms with E-state index in [1.54, 1.807) is 110 Å². The second-order valence-electron chi connectivity index (χ2n) is 9.85. The van der Waals surface area contributed by atoms with Crippen LogP contribution in [-0.2, 0) is 19.2 Å². The third kappa shape index (κ3) is 9.90. The summed E-state index contributed by atoms with van der Waals surface area (Å²) in [5.74, 6) is -4.71. The van der Waals surface area contributed by atoms with Crippen molar-refractivity contribution in [3.8, 4) is 0 Å². The van der Waals surface area contributed by atoms with Crippen LogP contribution in [0.4, 0.5) is 0 Å². The lowest BCUT2D eigenvalue weighted by Crippen LogP contribution is -2.59. The van der Waals surface area contributed by atoms with E-state index in [-0.39, 0.29) is 21.9 Å². The average molecular weight is 661 g/mol. The van der Waals surface area contributed by atoms with Crippen molar-refractivity contribution in [2.75, 3.05) is 0 Å². The Morgan fingerprint density at radius 2 is 0.750 bits per heavy atom. The molecule has 1 aliphatic carbocycles. The van der Waals surface area contributed by atoms with E-state index in [2.05, 4.69) is 41.6 Å². The van der Waals surface area contributed by atoms with Gasteiger partial charge in [-0.15, -0.1) is 0 Å². The summed E-state index contributed by atoms with van der Waals surface area (Å²) in [5.41, 5.74) is 12.8. The smallest absolute Gasteiger partial charge is 0.262 e. The van der Waals surface area contributed by atoms with Gasteiger partial charge in [0.25, 0.3) is 11.8 Å². The second kappa shape index (κ2) is 19.3. The van der Waals surface area contributed by atoms with Gasteiger partial charge in [-0.05, 0) is 82.9 Å². The van der Waals surface area contributed by atoms with Crippen LogP contribution in [0.1, 0.15) is 34.1 Å². The molecular formula is C32H36N8O8. The van der Waals surface area contributed by atoms with Gasteiger partial charge in [-0.25, -0.2) is 0 Å². The van der Waals surface area contributed by atoms with E-state index < -0.39 is 47.3 Å². The topological polar surface area (TPSA) is 294 Å². The third-order valence-electron chi connectivity index (χ3n) is 7.22. The summed E-state index contributed by atoms with van der Waals surface area (Å²) in [6.07, 6.45) is 18.5. The Kier molecular flexibility index (Phi) is 16.0. The molecule has 4 amide bonds. The number of aromatic nitrogens is 4. The highest BCUT2D eigenvalue weighted by Crippen LogP contribution is 2.57. The molecule has 0 bridgehead atoms. The molecule has 5 rings (SSSR count). The maximum Gasteiger partial charge on any atom is 0.262 e. The molecule has 1 fully saturated rings. The van der Waals surface area contributed by atoms with E-state index in [9.17, 15) is 19.2 Å². The van der Waals surface area contributed by atoms with Gasteiger partial charge in [0, 0.05) is 73.6 Å².